The van der Waals surface area contributed by atoms with E-state index in [4.69, 9.17) is 9.47 Å². The number of fused-ring (bicyclic) bond motifs is 1. The maximum atomic E-state index is 12.2. The molecule has 0 fully saturated rings. The molecule has 182 valence electrons. The molecule has 8 nitrogen and oxygen atoms in total. The largest absolute Gasteiger partial charge is 0.493 e. The molecule has 0 radical (unpaired) electrons. The van der Waals surface area contributed by atoms with E-state index in [-0.39, 0.29) is 12.1 Å². The Morgan fingerprint density at radius 1 is 1.03 bits per heavy atom. The number of para-hydroxylation sites is 1. The molecule has 36 heavy (non-hydrogen) atoms. The lowest BCUT2D eigenvalue weighted by molar-refractivity contribution is -0.385. The predicted molar refractivity (Wildman–Crippen MR) is 142 cm³/mol. The number of carbonyl (C=O) groups is 1. The minimum Gasteiger partial charge on any atom is -0.493 e. The van der Waals surface area contributed by atoms with Gasteiger partial charge >= 0.3 is 0 Å². The van der Waals surface area contributed by atoms with Crippen LogP contribution in [0, 0.1) is 10.1 Å². The average molecular weight is 548 g/mol. The quantitative estimate of drug-likeness (QED) is 0.162. The molecule has 0 aliphatic rings. The number of ether oxygens (including phenoxy) is 2. The molecular formula is C27H22BrN3O5. The van der Waals surface area contributed by atoms with Crippen molar-refractivity contribution in [1.82, 2.24) is 5.43 Å². The third-order valence-electron chi connectivity index (χ3n) is 5.48. The van der Waals surface area contributed by atoms with Gasteiger partial charge in [-0.3, -0.25) is 14.9 Å². The summed E-state index contributed by atoms with van der Waals surface area (Å²) in [5.74, 6) is 0.583. The van der Waals surface area contributed by atoms with Crippen LogP contribution < -0.4 is 14.9 Å². The molecule has 9 heteroatoms. The number of carbonyl (C=O) groups excluding carboxylic acids is 1. The summed E-state index contributed by atoms with van der Waals surface area (Å²) in [6.45, 7) is 0.360. The molecule has 0 saturated heterocycles. The third kappa shape index (κ3) is 5.87. The van der Waals surface area contributed by atoms with Gasteiger partial charge in [0.25, 0.3) is 5.69 Å². The van der Waals surface area contributed by atoms with E-state index in [1.165, 1.54) is 12.3 Å². The van der Waals surface area contributed by atoms with Crippen molar-refractivity contribution < 1.29 is 19.2 Å². The summed E-state index contributed by atoms with van der Waals surface area (Å²) in [4.78, 5) is 22.9. The van der Waals surface area contributed by atoms with Crippen molar-refractivity contribution in [2.24, 2.45) is 5.10 Å². The van der Waals surface area contributed by atoms with E-state index in [0.717, 1.165) is 16.3 Å². The van der Waals surface area contributed by atoms with E-state index in [2.05, 4.69) is 44.7 Å². The van der Waals surface area contributed by atoms with Gasteiger partial charge in [0, 0.05) is 21.7 Å². The molecule has 0 spiro atoms. The first-order valence-electron chi connectivity index (χ1n) is 11.0. The number of rotatable bonds is 9. The van der Waals surface area contributed by atoms with Crippen LogP contribution in [0.15, 0.2) is 88.4 Å². The van der Waals surface area contributed by atoms with Crippen LogP contribution in [0.25, 0.3) is 10.8 Å². The second kappa shape index (κ2) is 11.5. The highest BCUT2D eigenvalue weighted by Crippen LogP contribution is 2.34. The molecular weight excluding hydrogens is 526 g/mol. The lowest BCUT2D eigenvalue weighted by atomic mass is 10.1. The number of benzene rings is 4. The monoisotopic (exact) mass is 547 g/mol. The fourth-order valence-corrected chi connectivity index (χ4v) is 4.15. The van der Waals surface area contributed by atoms with Gasteiger partial charge in [0.15, 0.2) is 11.5 Å². The van der Waals surface area contributed by atoms with Crippen molar-refractivity contribution in [2.75, 3.05) is 7.11 Å². The van der Waals surface area contributed by atoms with Crippen LogP contribution in [0.5, 0.6) is 11.5 Å². The summed E-state index contributed by atoms with van der Waals surface area (Å²) >= 11 is 3.51. The molecule has 4 rings (SSSR count). The normalized spacial score (nSPS) is 10.9. The zero-order valence-corrected chi connectivity index (χ0v) is 20.9. The fourth-order valence-electron chi connectivity index (χ4n) is 3.72. The Kier molecular flexibility index (Phi) is 7.92. The van der Waals surface area contributed by atoms with Crippen LogP contribution in [0.4, 0.5) is 5.69 Å². The first kappa shape index (κ1) is 24.9. The van der Waals surface area contributed by atoms with Gasteiger partial charge in [-0.15, -0.1) is 0 Å². The standard InChI is InChI=1S/C27H22BrN3O5/c1-35-25-13-21(16-29-30-27(32)14-19-8-3-5-12-24(19)31(33)34)23(28)15-26(25)36-17-20-10-6-9-18-7-2-4-11-22(18)20/h2-13,15-16H,14,17H2,1H3,(H,30,32)/b29-16+. The predicted octanol–water partition coefficient (Wildman–Crippen LogP) is 5.79. The van der Waals surface area contributed by atoms with Crippen LogP contribution in [0.3, 0.4) is 0 Å². The lowest BCUT2D eigenvalue weighted by Gasteiger charge is -2.14. The lowest BCUT2D eigenvalue weighted by Crippen LogP contribution is -2.20. The highest BCUT2D eigenvalue weighted by Gasteiger charge is 2.15. The number of nitrogens with zero attached hydrogens (tertiary/aromatic N) is 2. The number of hydrogen-bond donors (Lipinski definition) is 1. The van der Waals surface area contributed by atoms with Crippen LogP contribution in [-0.4, -0.2) is 24.2 Å². The van der Waals surface area contributed by atoms with Crippen LogP contribution in [0.2, 0.25) is 0 Å². The zero-order chi connectivity index (χ0) is 25.5. The van der Waals surface area contributed by atoms with E-state index < -0.39 is 10.8 Å². The summed E-state index contributed by atoms with van der Waals surface area (Å²) in [6, 6.07) is 23.8. The molecule has 0 aliphatic heterocycles. The number of hydrazone groups is 1. The van der Waals surface area contributed by atoms with Gasteiger partial charge in [-0.25, -0.2) is 5.43 Å². The molecule has 0 aromatic heterocycles. The second-order valence-electron chi connectivity index (χ2n) is 7.81. The Bertz CT molecular complexity index is 1450. The molecule has 4 aromatic rings. The number of nitro benzene ring substituents is 1. The van der Waals surface area contributed by atoms with Crippen molar-refractivity contribution in [1.29, 1.82) is 0 Å². The van der Waals surface area contributed by atoms with Gasteiger partial charge in [0.2, 0.25) is 5.91 Å². The van der Waals surface area contributed by atoms with Crippen molar-refractivity contribution in [3.8, 4) is 11.5 Å². The minimum absolute atomic E-state index is 0.108. The molecule has 4 aromatic carbocycles. The topological polar surface area (TPSA) is 103 Å². The van der Waals surface area contributed by atoms with Crippen molar-refractivity contribution in [2.45, 2.75) is 13.0 Å². The second-order valence-corrected chi connectivity index (χ2v) is 8.66. The number of amides is 1. The molecule has 0 bridgehead atoms. The third-order valence-corrected chi connectivity index (χ3v) is 6.17. The number of halogens is 1. The van der Waals surface area contributed by atoms with E-state index in [9.17, 15) is 14.9 Å². The summed E-state index contributed by atoms with van der Waals surface area (Å²) in [6.07, 6.45) is 1.29. The van der Waals surface area contributed by atoms with E-state index in [1.807, 2.05) is 24.3 Å². The van der Waals surface area contributed by atoms with Gasteiger partial charge in [0.1, 0.15) is 6.61 Å². The van der Waals surface area contributed by atoms with Crippen LogP contribution in [-0.2, 0) is 17.8 Å². The molecule has 1 amide bonds. The number of methoxy groups -OCH3 is 1. The summed E-state index contributed by atoms with van der Waals surface area (Å²) < 4.78 is 12.3. The molecule has 0 aliphatic carbocycles. The number of hydrogen-bond acceptors (Lipinski definition) is 6. The first-order valence-corrected chi connectivity index (χ1v) is 11.8. The van der Waals surface area contributed by atoms with Gasteiger partial charge in [-0.1, -0.05) is 60.7 Å². The Balaban J connectivity index is 1.44. The summed E-state index contributed by atoms with van der Waals surface area (Å²) in [7, 11) is 1.55. The van der Waals surface area contributed by atoms with Gasteiger partial charge in [-0.05, 0) is 44.4 Å². The van der Waals surface area contributed by atoms with E-state index >= 15 is 0 Å². The van der Waals surface area contributed by atoms with Crippen molar-refractivity contribution in [3.05, 3.63) is 110 Å². The summed E-state index contributed by atoms with van der Waals surface area (Å²) in [5, 5.41) is 17.4. The van der Waals surface area contributed by atoms with E-state index in [0.29, 0.717) is 33.7 Å². The Hall–Kier alpha value is -4.24. The fraction of sp³-hybridized carbons (Fsp3) is 0.111. The molecule has 0 unspecified atom stereocenters. The van der Waals surface area contributed by atoms with Crippen LogP contribution >= 0.6 is 15.9 Å². The SMILES string of the molecule is COc1cc(/C=N/NC(=O)Cc2ccccc2[N+](=O)[O-])c(Br)cc1OCc1cccc2ccccc12. The molecule has 0 saturated carbocycles. The van der Waals surface area contributed by atoms with Crippen LogP contribution in [0.1, 0.15) is 16.7 Å². The van der Waals surface area contributed by atoms with Gasteiger partial charge in [0.05, 0.1) is 24.7 Å². The Labute approximate surface area is 215 Å². The Morgan fingerprint density at radius 3 is 2.56 bits per heavy atom. The smallest absolute Gasteiger partial charge is 0.273 e. The first-order chi connectivity index (χ1) is 17.5. The van der Waals surface area contributed by atoms with Crippen molar-refractivity contribution >= 4 is 44.5 Å². The average Bonchev–Trinajstić information content (AvgIpc) is 2.88. The maximum absolute atomic E-state index is 12.2. The van der Waals surface area contributed by atoms with Gasteiger partial charge in [-0.2, -0.15) is 5.10 Å². The Morgan fingerprint density at radius 2 is 1.75 bits per heavy atom. The molecule has 0 atom stereocenters. The highest BCUT2D eigenvalue weighted by atomic mass is 79.9. The minimum atomic E-state index is -0.515. The van der Waals surface area contributed by atoms with Gasteiger partial charge < -0.3 is 9.47 Å². The summed E-state index contributed by atoms with van der Waals surface area (Å²) in [5.41, 5.74) is 4.31. The number of nitro groups is 1. The number of nitrogens with one attached hydrogen (secondary N) is 1. The molecule has 0 heterocycles. The highest BCUT2D eigenvalue weighted by molar-refractivity contribution is 9.10. The zero-order valence-electron chi connectivity index (χ0n) is 19.3. The van der Waals surface area contributed by atoms with Crippen molar-refractivity contribution in [3.63, 3.8) is 0 Å². The molecule has 1 N–H and O–H groups in total. The maximum Gasteiger partial charge on any atom is 0.273 e. The van der Waals surface area contributed by atoms with E-state index in [1.54, 1.807) is 37.4 Å².